The minimum absolute atomic E-state index is 0.0907. The van der Waals surface area contributed by atoms with Gasteiger partial charge in [-0.3, -0.25) is 10.1 Å². The molecule has 1 fully saturated rings. The Morgan fingerprint density at radius 3 is 2.57 bits per heavy atom. The van der Waals surface area contributed by atoms with Crippen LogP contribution in [0.25, 0.3) is 0 Å². The summed E-state index contributed by atoms with van der Waals surface area (Å²) in [5.74, 6) is 0.222. The van der Waals surface area contributed by atoms with Gasteiger partial charge in [0.1, 0.15) is 0 Å². The fourth-order valence-electron chi connectivity index (χ4n) is 2.77. The summed E-state index contributed by atoms with van der Waals surface area (Å²) in [4.78, 5) is 10.4. The van der Waals surface area contributed by atoms with E-state index < -0.39 is 4.92 Å². The number of benzene rings is 1. The van der Waals surface area contributed by atoms with Crippen molar-refractivity contribution in [2.24, 2.45) is 5.92 Å². The first-order valence-corrected chi connectivity index (χ1v) is 7.07. The molecule has 1 aromatic rings. The molecule has 1 aliphatic heterocycles. The van der Waals surface area contributed by atoms with Crippen LogP contribution in [0.4, 0.5) is 5.69 Å². The summed E-state index contributed by atoms with van der Waals surface area (Å²) in [5, 5.41) is 10.8. The zero-order valence-electron chi connectivity index (χ0n) is 12.5. The number of hydrogen-bond donors (Lipinski definition) is 0. The number of nitrogens with zero attached hydrogens (tertiary/aromatic N) is 1. The van der Waals surface area contributed by atoms with Gasteiger partial charge in [0, 0.05) is 18.1 Å². The molecule has 112 valence electrons. The van der Waals surface area contributed by atoms with Gasteiger partial charge in [-0.1, -0.05) is 18.2 Å². The number of hydrogen-bond acceptors (Lipinski definition) is 3. The summed E-state index contributed by atoms with van der Waals surface area (Å²) in [6.07, 6.45) is 3.57. The highest BCUT2D eigenvalue weighted by Gasteiger charge is 2.37. The SMILES string of the molecule is C=C[C@]1(C)CC[C@@H](C(=C)C)[C@H](c2ccc([N+](=O)[O-])cc2)O1. The standard InChI is InChI=1S/C17H21NO3/c1-5-17(4)11-10-15(12(2)3)16(21-17)13-6-8-14(9-7-13)18(19)20/h5-9,15-16H,1-2,10-11H2,3-4H3/t15-,16-,17+/m0/s1. The Labute approximate surface area is 125 Å². The molecule has 0 radical (unpaired) electrons. The van der Waals surface area contributed by atoms with E-state index in [0.29, 0.717) is 0 Å². The van der Waals surface area contributed by atoms with Gasteiger partial charge in [-0.25, -0.2) is 0 Å². The van der Waals surface area contributed by atoms with E-state index in [4.69, 9.17) is 4.74 Å². The summed E-state index contributed by atoms with van der Waals surface area (Å²) >= 11 is 0. The van der Waals surface area contributed by atoms with Gasteiger partial charge in [0.15, 0.2) is 0 Å². The zero-order chi connectivity index (χ0) is 15.6. The van der Waals surface area contributed by atoms with Crippen LogP contribution in [0.15, 0.2) is 49.1 Å². The minimum Gasteiger partial charge on any atom is -0.363 e. The van der Waals surface area contributed by atoms with Gasteiger partial charge < -0.3 is 4.74 Å². The van der Waals surface area contributed by atoms with Crippen LogP contribution in [-0.2, 0) is 4.74 Å². The molecule has 0 unspecified atom stereocenters. The van der Waals surface area contributed by atoms with Crippen molar-refractivity contribution in [3.8, 4) is 0 Å². The lowest BCUT2D eigenvalue weighted by molar-refractivity contribution is -0.384. The Kier molecular flexibility index (Phi) is 4.28. The third-order valence-electron chi connectivity index (χ3n) is 4.21. The maximum Gasteiger partial charge on any atom is 0.269 e. The van der Waals surface area contributed by atoms with E-state index in [1.54, 1.807) is 12.1 Å². The molecule has 21 heavy (non-hydrogen) atoms. The second kappa shape index (κ2) is 5.82. The van der Waals surface area contributed by atoms with Crippen molar-refractivity contribution in [1.82, 2.24) is 0 Å². The summed E-state index contributed by atoms with van der Waals surface area (Å²) < 4.78 is 6.23. The molecule has 0 saturated carbocycles. The quantitative estimate of drug-likeness (QED) is 0.462. The molecule has 1 aliphatic rings. The lowest BCUT2D eigenvalue weighted by Gasteiger charge is -2.42. The van der Waals surface area contributed by atoms with Crippen LogP contribution in [0.2, 0.25) is 0 Å². The molecule has 0 bridgehead atoms. The molecular weight excluding hydrogens is 266 g/mol. The van der Waals surface area contributed by atoms with E-state index in [1.165, 1.54) is 12.1 Å². The van der Waals surface area contributed by atoms with E-state index in [1.807, 2.05) is 19.9 Å². The number of nitro groups is 1. The fourth-order valence-corrected chi connectivity index (χ4v) is 2.77. The number of rotatable bonds is 4. The average molecular weight is 287 g/mol. The molecule has 2 rings (SSSR count). The fraction of sp³-hybridized carbons (Fsp3) is 0.412. The number of nitro benzene ring substituents is 1. The average Bonchev–Trinajstić information content (AvgIpc) is 2.47. The Morgan fingerprint density at radius 1 is 1.48 bits per heavy atom. The Bertz CT molecular complexity index is 564. The maximum absolute atomic E-state index is 10.8. The highest BCUT2D eigenvalue weighted by molar-refractivity contribution is 5.35. The van der Waals surface area contributed by atoms with Crippen molar-refractivity contribution in [3.63, 3.8) is 0 Å². The summed E-state index contributed by atoms with van der Waals surface area (Å²) in [7, 11) is 0. The first-order valence-electron chi connectivity index (χ1n) is 7.07. The molecule has 1 saturated heterocycles. The predicted octanol–water partition coefficient (Wildman–Crippen LogP) is 4.58. The van der Waals surface area contributed by atoms with Crippen LogP contribution in [0, 0.1) is 16.0 Å². The van der Waals surface area contributed by atoms with Crippen LogP contribution in [0.1, 0.15) is 38.4 Å². The molecule has 4 heteroatoms. The molecular formula is C17H21NO3. The smallest absolute Gasteiger partial charge is 0.269 e. The van der Waals surface area contributed by atoms with Gasteiger partial charge in [-0.15, -0.1) is 6.58 Å². The van der Waals surface area contributed by atoms with Crippen LogP contribution >= 0.6 is 0 Å². The third-order valence-corrected chi connectivity index (χ3v) is 4.21. The van der Waals surface area contributed by atoms with Crippen LogP contribution < -0.4 is 0 Å². The van der Waals surface area contributed by atoms with Crippen LogP contribution in [-0.4, -0.2) is 10.5 Å². The van der Waals surface area contributed by atoms with Gasteiger partial charge in [-0.05, 0) is 44.4 Å². The van der Waals surface area contributed by atoms with Gasteiger partial charge in [0.2, 0.25) is 0 Å². The van der Waals surface area contributed by atoms with Gasteiger partial charge >= 0.3 is 0 Å². The highest BCUT2D eigenvalue weighted by Crippen LogP contribution is 2.44. The number of ether oxygens (including phenoxy) is 1. The van der Waals surface area contributed by atoms with E-state index in [9.17, 15) is 10.1 Å². The molecule has 0 amide bonds. The molecule has 1 heterocycles. The highest BCUT2D eigenvalue weighted by atomic mass is 16.6. The maximum atomic E-state index is 10.8. The van der Waals surface area contributed by atoms with Crippen LogP contribution in [0.5, 0.6) is 0 Å². The second-order valence-electron chi connectivity index (χ2n) is 5.90. The number of non-ortho nitro benzene ring substituents is 1. The molecule has 3 atom stereocenters. The first kappa shape index (κ1) is 15.4. The van der Waals surface area contributed by atoms with Gasteiger partial charge in [0.25, 0.3) is 5.69 Å². The second-order valence-corrected chi connectivity index (χ2v) is 5.90. The molecule has 0 aliphatic carbocycles. The molecule has 1 aromatic carbocycles. The largest absolute Gasteiger partial charge is 0.363 e. The van der Waals surface area contributed by atoms with Crippen molar-refractivity contribution in [2.45, 2.75) is 38.4 Å². The summed E-state index contributed by atoms with van der Waals surface area (Å²) in [5.41, 5.74) is 1.75. The molecule has 4 nitrogen and oxygen atoms in total. The normalized spacial score (nSPS) is 28.9. The first-order chi connectivity index (χ1) is 9.86. The Morgan fingerprint density at radius 2 is 2.10 bits per heavy atom. The van der Waals surface area contributed by atoms with Crippen molar-refractivity contribution >= 4 is 5.69 Å². The van der Waals surface area contributed by atoms with Crippen LogP contribution in [0.3, 0.4) is 0 Å². The monoisotopic (exact) mass is 287 g/mol. The van der Waals surface area contributed by atoms with E-state index in [-0.39, 0.29) is 23.3 Å². The van der Waals surface area contributed by atoms with Crippen molar-refractivity contribution < 1.29 is 9.66 Å². The van der Waals surface area contributed by atoms with Crippen molar-refractivity contribution in [2.75, 3.05) is 0 Å². The van der Waals surface area contributed by atoms with Gasteiger partial charge in [-0.2, -0.15) is 0 Å². The summed E-state index contributed by atoms with van der Waals surface area (Å²) in [6.45, 7) is 11.9. The van der Waals surface area contributed by atoms with Crippen molar-refractivity contribution in [3.05, 3.63) is 64.8 Å². The zero-order valence-corrected chi connectivity index (χ0v) is 12.5. The molecule has 0 N–H and O–H groups in total. The molecule has 0 aromatic heterocycles. The Hall–Kier alpha value is -1.94. The van der Waals surface area contributed by atoms with E-state index in [0.717, 1.165) is 24.0 Å². The van der Waals surface area contributed by atoms with Crippen molar-refractivity contribution in [1.29, 1.82) is 0 Å². The topological polar surface area (TPSA) is 52.4 Å². The third kappa shape index (κ3) is 3.22. The molecule has 0 spiro atoms. The Balaban J connectivity index is 2.33. The van der Waals surface area contributed by atoms with E-state index >= 15 is 0 Å². The van der Waals surface area contributed by atoms with Gasteiger partial charge in [0.05, 0.1) is 16.6 Å². The van der Waals surface area contributed by atoms with E-state index in [2.05, 4.69) is 13.2 Å². The summed E-state index contributed by atoms with van der Waals surface area (Å²) in [6, 6.07) is 6.59. The lowest BCUT2D eigenvalue weighted by Crippen LogP contribution is -2.37. The lowest BCUT2D eigenvalue weighted by atomic mass is 9.80. The predicted molar refractivity (Wildman–Crippen MR) is 83.1 cm³/mol. The minimum atomic E-state index is -0.393.